The van der Waals surface area contributed by atoms with E-state index in [1.165, 1.54) is 18.2 Å². The number of amides is 1. The van der Waals surface area contributed by atoms with Gasteiger partial charge in [-0.3, -0.25) is 9.59 Å². The van der Waals surface area contributed by atoms with Gasteiger partial charge in [-0.2, -0.15) is 5.10 Å². The van der Waals surface area contributed by atoms with Crippen molar-refractivity contribution in [3.05, 3.63) is 63.6 Å². The Kier molecular flexibility index (Phi) is 4.42. The van der Waals surface area contributed by atoms with Crippen molar-refractivity contribution in [1.82, 2.24) is 15.1 Å². The molecule has 0 fully saturated rings. The van der Waals surface area contributed by atoms with Crippen LogP contribution in [0.4, 0.5) is 8.78 Å². The molecule has 5 nitrogen and oxygen atoms in total. The van der Waals surface area contributed by atoms with Gasteiger partial charge in [-0.25, -0.2) is 13.5 Å². The maximum absolute atomic E-state index is 13.4. The van der Waals surface area contributed by atoms with Gasteiger partial charge in [0.2, 0.25) is 0 Å². The summed E-state index contributed by atoms with van der Waals surface area (Å²) in [6.45, 7) is 1.73. The van der Waals surface area contributed by atoms with Crippen LogP contribution in [0.1, 0.15) is 23.0 Å². The minimum atomic E-state index is -0.734. The Morgan fingerprint density at radius 2 is 1.90 bits per heavy atom. The number of hydrogen-bond donors (Lipinski definition) is 1. The lowest BCUT2D eigenvalue weighted by Crippen LogP contribution is -2.29. The van der Waals surface area contributed by atoms with Crippen molar-refractivity contribution in [2.75, 3.05) is 0 Å². The topological polar surface area (TPSA) is 64.0 Å². The van der Waals surface area contributed by atoms with E-state index in [0.717, 1.165) is 16.8 Å². The average molecular weight is 293 g/mol. The fourth-order valence-electron chi connectivity index (χ4n) is 1.76. The summed E-state index contributed by atoms with van der Waals surface area (Å²) in [5, 5.41) is 6.22. The predicted molar refractivity (Wildman–Crippen MR) is 71.7 cm³/mol. The molecule has 0 atom stereocenters. The molecule has 0 unspecified atom stereocenters. The zero-order valence-corrected chi connectivity index (χ0v) is 11.3. The SMILES string of the molecule is CCn1nc(C(=O)NCc2c(F)cccc2F)ccc1=O. The minimum absolute atomic E-state index is 0.00759. The molecule has 0 spiro atoms. The van der Waals surface area contributed by atoms with E-state index in [0.29, 0.717) is 6.54 Å². The van der Waals surface area contributed by atoms with Crippen LogP contribution in [-0.4, -0.2) is 15.7 Å². The van der Waals surface area contributed by atoms with E-state index in [2.05, 4.69) is 10.4 Å². The fraction of sp³-hybridized carbons (Fsp3) is 0.214. The number of halogens is 2. The molecule has 1 aromatic heterocycles. The Hall–Kier alpha value is -2.57. The number of hydrogen-bond acceptors (Lipinski definition) is 3. The highest BCUT2D eigenvalue weighted by Crippen LogP contribution is 2.11. The molecule has 0 radical (unpaired) electrons. The summed E-state index contributed by atoms with van der Waals surface area (Å²) in [5.41, 5.74) is -0.544. The highest BCUT2D eigenvalue weighted by atomic mass is 19.1. The van der Waals surface area contributed by atoms with E-state index in [9.17, 15) is 18.4 Å². The number of benzene rings is 1. The fourth-order valence-corrected chi connectivity index (χ4v) is 1.76. The third-order valence-electron chi connectivity index (χ3n) is 2.89. The maximum atomic E-state index is 13.4. The molecule has 1 N–H and O–H groups in total. The lowest BCUT2D eigenvalue weighted by Gasteiger charge is -2.08. The third kappa shape index (κ3) is 3.31. The van der Waals surface area contributed by atoms with Crippen LogP contribution in [0, 0.1) is 11.6 Å². The Bertz CT molecular complexity index is 708. The van der Waals surface area contributed by atoms with Gasteiger partial charge in [0.15, 0.2) is 0 Å². The van der Waals surface area contributed by atoms with Crippen LogP contribution < -0.4 is 10.9 Å². The second kappa shape index (κ2) is 6.25. The molecular weight excluding hydrogens is 280 g/mol. The summed E-state index contributed by atoms with van der Waals surface area (Å²) >= 11 is 0. The van der Waals surface area contributed by atoms with Crippen LogP contribution in [0.15, 0.2) is 35.1 Å². The Morgan fingerprint density at radius 3 is 2.52 bits per heavy atom. The Morgan fingerprint density at radius 1 is 1.24 bits per heavy atom. The van der Waals surface area contributed by atoms with Crippen molar-refractivity contribution in [3.63, 3.8) is 0 Å². The van der Waals surface area contributed by atoms with E-state index >= 15 is 0 Å². The van der Waals surface area contributed by atoms with Crippen molar-refractivity contribution < 1.29 is 13.6 Å². The molecule has 0 aliphatic heterocycles. The third-order valence-corrected chi connectivity index (χ3v) is 2.89. The second-order valence-electron chi connectivity index (χ2n) is 4.26. The number of aryl methyl sites for hydroxylation is 1. The van der Waals surface area contributed by atoms with Crippen LogP contribution in [-0.2, 0) is 13.1 Å². The van der Waals surface area contributed by atoms with Gasteiger partial charge in [0.25, 0.3) is 11.5 Å². The highest BCUT2D eigenvalue weighted by molar-refractivity contribution is 5.91. The zero-order valence-electron chi connectivity index (χ0n) is 11.3. The molecule has 7 heteroatoms. The van der Waals surface area contributed by atoms with Crippen molar-refractivity contribution in [2.24, 2.45) is 0 Å². The molecule has 1 aromatic carbocycles. The van der Waals surface area contributed by atoms with Crippen molar-refractivity contribution in [3.8, 4) is 0 Å². The average Bonchev–Trinajstić information content (AvgIpc) is 2.47. The van der Waals surface area contributed by atoms with E-state index in [-0.39, 0.29) is 23.4 Å². The van der Waals surface area contributed by atoms with Gasteiger partial charge in [0, 0.05) is 24.7 Å². The molecule has 0 saturated carbocycles. The first-order valence-corrected chi connectivity index (χ1v) is 6.32. The summed E-state index contributed by atoms with van der Waals surface area (Å²) < 4.78 is 28.0. The summed E-state index contributed by atoms with van der Waals surface area (Å²) in [6.07, 6.45) is 0. The Labute approximate surface area is 119 Å². The number of carbonyl (C=O) groups excluding carboxylic acids is 1. The maximum Gasteiger partial charge on any atom is 0.271 e. The molecule has 1 heterocycles. The number of nitrogens with one attached hydrogen (secondary N) is 1. The van der Waals surface area contributed by atoms with Crippen molar-refractivity contribution >= 4 is 5.91 Å². The summed E-state index contributed by atoms with van der Waals surface area (Å²) in [7, 11) is 0. The number of aromatic nitrogens is 2. The number of nitrogens with zero attached hydrogens (tertiary/aromatic N) is 2. The second-order valence-corrected chi connectivity index (χ2v) is 4.26. The van der Waals surface area contributed by atoms with Crippen LogP contribution in [0.25, 0.3) is 0 Å². The molecule has 0 aliphatic rings. The van der Waals surface area contributed by atoms with Gasteiger partial charge in [0.05, 0.1) is 0 Å². The van der Waals surface area contributed by atoms with E-state index in [4.69, 9.17) is 0 Å². The van der Waals surface area contributed by atoms with Crippen LogP contribution >= 0.6 is 0 Å². The quantitative estimate of drug-likeness (QED) is 0.928. The lowest BCUT2D eigenvalue weighted by molar-refractivity contribution is 0.0942. The zero-order chi connectivity index (χ0) is 15.4. The van der Waals surface area contributed by atoms with Gasteiger partial charge >= 0.3 is 0 Å². The van der Waals surface area contributed by atoms with Gasteiger partial charge in [0.1, 0.15) is 17.3 Å². The lowest BCUT2D eigenvalue weighted by atomic mass is 10.2. The standard InChI is InChI=1S/C14H13F2N3O2/c1-2-19-13(20)7-6-12(18-19)14(21)17-8-9-10(15)4-3-5-11(9)16/h3-7H,2,8H2,1H3,(H,17,21). The summed E-state index contributed by atoms with van der Waals surface area (Å²) in [6, 6.07) is 5.95. The van der Waals surface area contributed by atoms with E-state index < -0.39 is 17.5 Å². The first kappa shape index (κ1) is 14.8. The molecule has 2 rings (SSSR count). The highest BCUT2D eigenvalue weighted by Gasteiger charge is 2.12. The largest absolute Gasteiger partial charge is 0.346 e. The van der Waals surface area contributed by atoms with Crippen molar-refractivity contribution in [1.29, 1.82) is 0 Å². The van der Waals surface area contributed by atoms with Gasteiger partial charge in [-0.05, 0) is 25.1 Å². The Balaban J connectivity index is 2.14. The molecule has 2 aromatic rings. The molecule has 0 aliphatic carbocycles. The first-order chi connectivity index (χ1) is 10.0. The normalized spacial score (nSPS) is 10.4. The monoisotopic (exact) mass is 293 g/mol. The number of rotatable bonds is 4. The molecule has 21 heavy (non-hydrogen) atoms. The smallest absolute Gasteiger partial charge is 0.271 e. The van der Waals surface area contributed by atoms with Crippen LogP contribution in [0.2, 0.25) is 0 Å². The van der Waals surface area contributed by atoms with E-state index in [1.54, 1.807) is 6.92 Å². The van der Waals surface area contributed by atoms with Gasteiger partial charge in [-0.1, -0.05) is 6.07 Å². The predicted octanol–water partition coefficient (Wildman–Crippen LogP) is 1.47. The molecule has 0 saturated heterocycles. The summed E-state index contributed by atoms with van der Waals surface area (Å²) in [4.78, 5) is 23.2. The molecule has 0 bridgehead atoms. The van der Waals surface area contributed by atoms with Crippen LogP contribution in [0.5, 0.6) is 0 Å². The summed E-state index contributed by atoms with van der Waals surface area (Å²) in [5.74, 6) is -2.08. The first-order valence-electron chi connectivity index (χ1n) is 6.32. The van der Waals surface area contributed by atoms with Crippen LogP contribution in [0.3, 0.4) is 0 Å². The van der Waals surface area contributed by atoms with Gasteiger partial charge in [-0.15, -0.1) is 0 Å². The molecule has 1 amide bonds. The van der Waals surface area contributed by atoms with Crippen molar-refractivity contribution in [2.45, 2.75) is 20.0 Å². The van der Waals surface area contributed by atoms with Gasteiger partial charge < -0.3 is 5.32 Å². The minimum Gasteiger partial charge on any atom is -0.346 e. The molecule has 110 valence electrons. The molecular formula is C14H13F2N3O2. The van der Waals surface area contributed by atoms with E-state index in [1.807, 2.05) is 0 Å². The number of carbonyl (C=O) groups is 1.